The van der Waals surface area contributed by atoms with Crippen molar-refractivity contribution in [2.24, 2.45) is 0 Å². The van der Waals surface area contributed by atoms with Crippen LogP contribution >= 0.6 is 0 Å². The van der Waals surface area contributed by atoms with Gasteiger partial charge in [-0.3, -0.25) is 0 Å². The van der Waals surface area contributed by atoms with Crippen molar-refractivity contribution in [1.82, 2.24) is 4.90 Å². The summed E-state index contributed by atoms with van der Waals surface area (Å²) in [4.78, 5) is 2.27. The number of morpholine rings is 1. The van der Waals surface area contributed by atoms with Crippen LogP contribution in [-0.2, 0) is 14.2 Å². The van der Waals surface area contributed by atoms with Crippen molar-refractivity contribution < 1.29 is 14.2 Å². The fourth-order valence-electron chi connectivity index (χ4n) is 1.49. The van der Waals surface area contributed by atoms with E-state index in [1.165, 1.54) is 0 Å². The summed E-state index contributed by atoms with van der Waals surface area (Å²) in [6, 6.07) is 0. The minimum absolute atomic E-state index is 0.247. The van der Waals surface area contributed by atoms with Crippen molar-refractivity contribution >= 4 is 0 Å². The van der Waals surface area contributed by atoms with Gasteiger partial charge in [-0.15, -0.1) is 0 Å². The quantitative estimate of drug-likeness (QED) is 0.584. The molecule has 1 aliphatic rings. The van der Waals surface area contributed by atoms with E-state index in [2.05, 4.69) is 11.9 Å². The molecule has 0 spiro atoms. The van der Waals surface area contributed by atoms with Crippen LogP contribution in [0, 0.1) is 0 Å². The Morgan fingerprint density at radius 2 is 2.29 bits per heavy atom. The predicted octanol–water partition coefficient (Wildman–Crippen LogP) is 0.370. The first-order valence-corrected chi connectivity index (χ1v) is 5.19. The van der Waals surface area contributed by atoms with Crippen LogP contribution in [-0.4, -0.2) is 64.7 Å². The molecule has 1 aliphatic heterocycles. The molecule has 1 fully saturated rings. The first-order valence-electron chi connectivity index (χ1n) is 5.19. The van der Waals surface area contributed by atoms with Gasteiger partial charge in [-0.25, -0.2) is 0 Å². The molecular weight excluding hydrogens is 182 g/mol. The maximum atomic E-state index is 5.56. The van der Waals surface area contributed by atoms with Crippen LogP contribution in [0.1, 0.15) is 6.42 Å². The van der Waals surface area contributed by atoms with E-state index in [0.29, 0.717) is 6.61 Å². The van der Waals surface area contributed by atoms with Gasteiger partial charge in [0, 0.05) is 33.4 Å². The van der Waals surface area contributed by atoms with Gasteiger partial charge in [0.1, 0.15) is 0 Å². The van der Waals surface area contributed by atoms with Crippen LogP contribution in [0.5, 0.6) is 0 Å². The number of rotatable bonds is 6. The van der Waals surface area contributed by atoms with Crippen LogP contribution in [0.3, 0.4) is 0 Å². The van der Waals surface area contributed by atoms with E-state index in [1.807, 2.05) is 0 Å². The van der Waals surface area contributed by atoms with Crippen molar-refractivity contribution in [2.45, 2.75) is 12.5 Å². The van der Waals surface area contributed by atoms with Crippen LogP contribution in [0.15, 0.2) is 0 Å². The summed E-state index contributed by atoms with van der Waals surface area (Å²) < 4.78 is 16.0. The molecule has 1 rings (SSSR count). The molecule has 1 saturated heterocycles. The molecule has 0 saturated carbocycles. The van der Waals surface area contributed by atoms with Crippen molar-refractivity contribution in [1.29, 1.82) is 0 Å². The van der Waals surface area contributed by atoms with E-state index >= 15 is 0 Å². The third-order valence-corrected chi connectivity index (χ3v) is 2.28. The maximum absolute atomic E-state index is 5.56. The lowest BCUT2D eigenvalue weighted by Crippen LogP contribution is -2.42. The van der Waals surface area contributed by atoms with Gasteiger partial charge < -0.3 is 19.1 Å². The monoisotopic (exact) mass is 203 g/mol. The van der Waals surface area contributed by atoms with E-state index in [0.717, 1.165) is 39.3 Å². The number of ether oxygens (including phenoxy) is 3. The number of nitrogens with zero attached hydrogens (tertiary/aromatic N) is 1. The second kappa shape index (κ2) is 7.17. The SMILES string of the molecule is COCCCOCC1CN(C)CCO1. The third kappa shape index (κ3) is 4.91. The number of likely N-dealkylation sites (N-methyl/N-ethyl adjacent to an activating group) is 1. The highest BCUT2D eigenvalue weighted by atomic mass is 16.5. The summed E-state index contributed by atoms with van der Waals surface area (Å²) in [7, 11) is 3.82. The van der Waals surface area contributed by atoms with E-state index in [9.17, 15) is 0 Å². The van der Waals surface area contributed by atoms with E-state index in [4.69, 9.17) is 14.2 Å². The van der Waals surface area contributed by atoms with E-state index in [-0.39, 0.29) is 6.10 Å². The minimum atomic E-state index is 0.247. The normalized spacial score (nSPS) is 24.0. The topological polar surface area (TPSA) is 30.9 Å². The molecule has 0 aromatic heterocycles. The Morgan fingerprint density at radius 3 is 3.00 bits per heavy atom. The molecule has 4 nitrogen and oxygen atoms in total. The third-order valence-electron chi connectivity index (χ3n) is 2.28. The van der Waals surface area contributed by atoms with Crippen molar-refractivity contribution in [2.75, 3.05) is 53.7 Å². The minimum Gasteiger partial charge on any atom is -0.385 e. The molecule has 0 aromatic carbocycles. The van der Waals surface area contributed by atoms with Gasteiger partial charge in [0.05, 0.1) is 19.3 Å². The summed E-state index contributed by atoms with van der Waals surface area (Å²) in [5, 5.41) is 0. The molecule has 1 heterocycles. The van der Waals surface area contributed by atoms with Gasteiger partial charge in [-0.1, -0.05) is 0 Å². The Balaban J connectivity index is 1.95. The average Bonchev–Trinajstić information content (AvgIpc) is 2.18. The Labute approximate surface area is 86.1 Å². The lowest BCUT2D eigenvalue weighted by atomic mass is 10.3. The van der Waals surface area contributed by atoms with Gasteiger partial charge in [0.2, 0.25) is 0 Å². The molecule has 0 bridgehead atoms. The second-order valence-corrected chi connectivity index (χ2v) is 3.68. The van der Waals surface area contributed by atoms with Gasteiger partial charge in [-0.05, 0) is 13.5 Å². The molecule has 4 heteroatoms. The molecule has 0 amide bonds. The predicted molar refractivity (Wildman–Crippen MR) is 54.5 cm³/mol. The first-order chi connectivity index (χ1) is 6.83. The van der Waals surface area contributed by atoms with Crippen molar-refractivity contribution in [3.05, 3.63) is 0 Å². The Bertz CT molecular complexity index is 143. The lowest BCUT2D eigenvalue weighted by Gasteiger charge is -2.29. The van der Waals surface area contributed by atoms with Crippen molar-refractivity contribution in [3.63, 3.8) is 0 Å². The van der Waals surface area contributed by atoms with E-state index in [1.54, 1.807) is 7.11 Å². The molecule has 0 aliphatic carbocycles. The Hall–Kier alpha value is -0.160. The summed E-state index contributed by atoms with van der Waals surface area (Å²) in [5.41, 5.74) is 0. The highest BCUT2D eigenvalue weighted by Crippen LogP contribution is 2.03. The molecular formula is C10H21NO3. The zero-order chi connectivity index (χ0) is 10.2. The Morgan fingerprint density at radius 1 is 1.43 bits per heavy atom. The van der Waals surface area contributed by atoms with Gasteiger partial charge in [0.15, 0.2) is 0 Å². The fourth-order valence-corrected chi connectivity index (χ4v) is 1.49. The van der Waals surface area contributed by atoms with Crippen LogP contribution in [0.2, 0.25) is 0 Å². The molecule has 0 radical (unpaired) electrons. The highest BCUT2D eigenvalue weighted by Gasteiger charge is 2.17. The number of hydrogen-bond donors (Lipinski definition) is 0. The smallest absolute Gasteiger partial charge is 0.0935 e. The zero-order valence-corrected chi connectivity index (χ0v) is 9.20. The zero-order valence-electron chi connectivity index (χ0n) is 9.20. The lowest BCUT2D eigenvalue weighted by molar-refractivity contribution is -0.0645. The van der Waals surface area contributed by atoms with Crippen LogP contribution in [0.4, 0.5) is 0 Å². The largest absolute Gasteiger partial charge is 0.385 e. The van der Waals surface area contributed by atoms with Gasteiger partial charge >= 0.3 is 0 Å². The van der Waals surface area contributed by atoms with Crippen LogP contribution in [0.25, 0.3) is 0 Å². The average molecular weight is 203 g/mol. The maximum Gasteiger partial charge on any atom is 0.0935 e. The summed E-state index contributed by atoms with van der Waals surface area (Å²) in [6.45, 7) is 5.06. The van der Waals surface area contributed by atoms with Gasteiger partial charge in [0.25, 0.3) is 0 Å². The van der Waals surface area contributed by atoms with E-state index < -0.39 is 0 Å². The molecule has 1 atom stereocenters. The highest BCUT2D eigenvalue weighted by molar-refractivity contribution is 4.67. The molecule has 84 valence electrons. The first kappa shape index (κ1) is 11.9. The summed E-state index contributed by atoms with van der Waals surface area (Å²) in [5.74, 6) is 0. The molecule has 0 N–H and O–H groups in total. The summed E-state index contributed by atoms with van der Waals surface area (Å²) >= 11 is 0. The molecule has 1 unspecified atom stereocenters. The fraction of sp³-hybridized carbons (Fsp3) is 1.00. The molecule has 0 aromatic rings. The number of hydrogen-bond acceptors (Lipinski definition) is 4. The van der Waals surface area contributed by atoms with Crippen molar-refractivity contribution in [3.8, 4) is 0 Å². The van der Waals surface area contributed by atoms with Crippen LogP contribution < -0.4 is 0 Å². The second-order valence-electron chi connectivity index (χ2n) is 3.68. The Kier molecular flexibility index (Phi) is 6.10. The molecule has 14 heavy (non-hydrogen) atoms. The number of methoxy groups -OCH3 is 1. The standard InChI is InChI=1S/C10H21NO3/c1-11-4-7-14-10(8-11)9-13-6-3-5-12-2/h10H,3-9H2,1-2H3. The summed E-state index contributed by atoms with van der Waals surface area (Å²) in [6.07, 6.45) is 1.20. The van der Waals surface area contributed by atoms with Gasteiger partial charge in [-0.2, -0.15) is 0 Å².